The van der Waals surface area contributed by atoms with E-state index in [1.54, 1.807) is 7.11 Å². The van der Waals surface area contributed by atoms with Crippen LogP contribution in [0.3, 0.4) is 0 Å². The average molecular weight is 296 g/mol. The van der Waals surface area contributed by atoms with Gasteiger partial charge in [0, 0.05) is 18.7 Å². The molecule has 1 aromatic rings. The Bertz CT molecular complexity index is 446. The summed E-state index contributed by atoms with van der Waals surface area (Å²) >= 11 is 5.06. The second kappa shape index (κ2) is 8.50. The molecule has 0 saturated carbocycles. The monoisotopic (exact) mass is 296 g/mol. The van der Waals surface area contributed by atoms with Gasteiger partial charge in [-0.25, -0.2) is 0 Å². The third kappa shape index (κ3) is 5.99. The number of thiocarbonyl (C=S) groups is 1. The minimum absolute atomic E-state index is 0.105. The summed E-state index contributed by atoms with van der Waals surface area (Å²) < 4.78 is 10.3. The maximum atomic E-state index is 11.5. The third-order valence-corrected chi connectivity index (χ3v) is 2.63. The van der Waals surface area contributed by atoms with Crippen LogP contribution in [-0.4, -0.2) is 31.3 Å². The van der Waals surface area contributed by atoms with Crippen molar-refractivity contribution in [2.24, 2.45) is 5.92 Å². The summed E-state index contributed by atoms with van der Waals surface area (Å²) in [7, 11) is 1.63. The highest BCUT2D eigenvalue weighted by Crippen LogP contribution is 2.15. The van der Waals surface area contributed by atoms with Gasteiger partial charge in [0.05, 0.1) is 6.61 Å². The number of carbonyl (C=O) groups is 1. The molecule has 2 N–H and O–H groups in total. The Kier molecular flexibility index (Phi) is 6.97. The Morgan fingerprint density at radius 1 is 1.25 bits per heavy atom. The van der Waals surface area contributed by atoms with E-state index in [0.29, 0.717) is 13.2 Å². The zero-order chi connectivity index (χ0) is 15.0. The fraction of sp³-hybridized carbons (Fsp3) is 0.429. The molecule has 0 saturated heterocycles. The van der Waals surface area contributed by atoms with Gasteiger partial charge in [0.2, 0.25) is 5.91 Å². The predicted octanol–water partition coefficient (Wildman–Crippen LogP) is 2.18. The molecule has 0 atom stereocenters. The molecule has 0 unspecified atom stereocenters. The summed E-state index contributed by atoms with van der Waals surface area (Å²) in [5.74, 6) is 0.540. The van der Waals surface area contributed by atoms with Crippen LogP contribution in [-0.2, 0) is 9.53 Å². The van der Waals surface area contributed by atoms with Crippen molar-refractivity contribution in [3.8, 4) is 5.75 Å². The molecule has 1 amide bonds. The highest BCUT2D eigenvalue weighted by Gasteiger charge is 2.08. The van der Waals surface area contributed by atoms with Gasteiger partial charge in [-0.05, 0) is 36.5 Å². The van der Waals surface area contributed by atoms with Crippen LogP contribution in [0.2, 0.25) is 0 Å². The molecule has 0 aliphatic rings. The van der Waals surface area contributed by atoms with Gasteiger partial charge >= 0.3 is 0 Å². The predicted molar refractivity (Wildman–Crippen MR) is 83.0 cm³/mol. The van der Waals surface area contributed by atoms with Crippen molar-refractivity contribution in [3.63, 3.8) is 0 Å². The number of hydrogen-bond donors (Lipinski definition) is 2. The number of amides is 1. The van der Waals surface area contributed by atoms with Gasteiger partial charge in [-0.3, -0.25) is 4.79 Å². The van der Waals surface area contributed by atoms with Gasteiger partial charge in [0.1, 0.15) is 12.4 Å². The summed E-state index contributed by atoms with van der Waals surface area (Å²) in [5.41, 5.74) is 0.790. The quantitative estimate of drug-likeness (QED) is 0.622. The van der Waals surface area contributed by atoms with Crippen molar-refractivity contribution in [1.82, 2.24) is 5.32 Å². The molecule has 1 aromatic carbocycles. The number of methoxy groups -OCH3 is 1. The van der Waals surface area contributed by atoms with Crippen LogP contribution in [0.4, 0.5) is 5.69 Å². The molecule has 20 heavy (non-hydrogen) atoms. The van der Waals surface area contributed by atoms with E-state index in [9.17, 15) is 4.79 Å². The standard InChI is InChI=1S/C14H20N2O3S/c1-10(2)13(17)16-14(20)15-11-4-6-12(7-5-11)19-9-8-18-3/h4-7,10H,8-9H2,1-3H3,(H2,15,16,17,20). The van der Waals surface area contributed by atoms with Gasteiger partial charge in [0.15, 0.2) is 5.11 Å². The molecule has 110 valence electrons. The van der Waals surface area contributed by atoms with E-state index in [0.717, 1.165) is 11.4 Å². The van der Waals surface area contributed by atoms with E-state index in [4.69, 9.17) is 21.7 Å². The van der Waals surface area contributed by atoms with Crippen molar-refractivity contribution in [3.05, 3.63) is 24.3 Å². The average Bonchev–Trinajstić information content (AvgIpc) is 2.40. The summed E-state index contributed by atoms with van der Waals surface area (Å²) in [6, 6.07) is 7.31. The van der Waals surface area contributed by atoms with Crippen molar-refractivity contribution < 1.29 is 14.3 Å². The third-order valence-electron chi connectivity index (χ3n) is 2.43. The Labute approximate surface area is 124 Å². The zero-order valence-electron chi connectivity index (χ0n) is 11.9. The number of ether oxygens (including phenoxy) is 2. The molecular formula is C14H20N2O3S. The fourth-order valence-electron chi connectivity index (χ4n) is 1.30. The first kappa shape index (κ1) is 16.4. The minimum Gasteiger partial charge on any atom is -0.491 e. The smallest absolute Gasteiger partial charge is 0.228 e. The number of nitrogens with one attached hydrogen (secondary N) is 2. The number of anilines is 1. The molecule has 0 spiro atoms. The van der Waals surface area contributed by atoms with Gasteiger partial charge in [0.25, 0.3) is 0 Å². The molecule has 0 radical (unpaired) electrons. The molecule has 6 heteroatoms. The van der Waals surface area contributed by atoms with E-state index in [-0.39, 0.29) is 16.9 Å². The van der Waals surface area contributed by atoms with E-state index in [1.165, 1.54) is 0 Å². The second-order valence-corrected chi connectivity index (χ2v) is 4.87. The fourth-order valence-corrected chi connectivity index (χ4v) is 1.51. The van der Waals surface area contributed by atoms with Crippen LogP contribution in [0.15, 0.2) is 24.3 Å². The minimum atomic E-state index is -0.109. The molecule has 0 aliphatic carbocycles. The molecule has 1 rings (SSSR count). The Balaban J connectivity index is 2.44. The van der Waals surface area contributed by atoms with Crippen LogP contribution < -0.4 is 15.4 Å². The summed E-state index contributed by atoms with van der Waals surface area (Å²) in [6.07, 6.45) is 0. The maximum Gasteiger partial charge on any atom is 0.228 e. The van der Waals surface area contributed by atoms with E-state index >= 15 is 0 Å². The molecule has 0 fully saturated rings. The van der Waals surface area contributed by atoms with Gasteiger partial charge in [-0.2, -0.15) is 0 Å². The lowest BCUT2D eigenvalue weighted by Crippen LogP contribution is -2.36. The second-order valence-electron chi connectivity index (χ2n) is 4.46. The van der Waals surface area contributed by atoms with Crippen LogP contribution in [0.5, 0.6) is 5.75 Å². The normalized spacial score (nSPS) is 10.2. The van der Waals surface area contributed by atoms with E-state index < -0.39 is 0 Å². The lowest BCUT2D eigenvalue weighted by atomic mass is 10.2. The maximum absolute atomic E-state index is 11.5. The van der Waals surface area contributed by atoms with Crippen molar-refractivity contribution in [1.29, 1.82) is 0 Å². The Hall–Kier alpha value is -1.66. The first-order valence-corrected chi connectivity index (χ1v) is 6.77. The van der Waals surface area contributed by atoms with Gasteiger partial charge in [-0.1, -0.05) is 13.8 Å². The number of carbonyl (C=O) groups excluding carboxylic acids is 1. The lowest BCUT2D eigenvalue weighted by molar-refractivity contribution is -0.122. The van der Waals surface area contributed by atoms with E-state index in [2.05, 4.69) is 10.6 Å². The summed E-state index contributed by atoms with van der Waals surface area (Å²) in [4.78, 5) is 11.5. The SMILES string of the molecule is COCCOc1ccc(NC(=S)NC(=O)C(C)C)cc1. The topological polar surface area (TPSA) is 59.6 Å². The molecule has 0 heterocycles. The number of hydrogen-bond acceptors (Lipinski definition) is 4. The molecule has 0 aliphatic heterocycles. The summed E-state index contributed by atoms with van der Waals surface area (Å²) in [5, 5.41) is 5.85. The van der Waals surface area contributed by atoms with Crippen molar-refractivity contribution in [2.75, 3.05) is 25.6 Å². The molecule has 5 nitrogen and oxygen atoms in total. The number of benzene rings is 1. The summed E-state index contributed by atoms with van der Waals surface area (Å²) in [6.45, 7) is 4.67. The Morgan fingerprint density at radius 3 is 2.45 bits per heavy atom. The van der Waals surface area contributed by atoms with Crippen molar-refractivity contribution >= 4 is 28.9 Å². The number of rotatable bonds is 6. The highest BCUT2D eigenvalue weighted by molar-refractivity contribution is 7.80. The first-order valence-electron chi connectivity index (χ1n) is 6.36. The molecule has 0 bridgehead atoms. The van der Waals surface area contributed by atoms with Crippen LogP contribution in [0.1, 0.15) is 13.8 Å². The van der Waals surface area contributed by atoms with E-state index in [1.807, 2.05) is 38.1 Å². The zero-order valence-corrected chi connectivity index (χ0v) is 12.8. The van der Waals surface area contributed by atoms with Crippen molar-refractivity contribution in [2.45, 2.75) is 13.8 Å². The first-order chi connectivity index (χ1) is 9.52. The largest absolute Gasteiger partial charge is 0.491 e. The van der Waals surface area contributed by atoms with Gasteiger partial charge < -0.3 is 20.1 Å². The highest BCUT2D eigenvalue weighted by atomic mass is 32.1. The molecular weight excluding hydrogens is 276 g/mol. The lowest BCUT2D eigenvalue weighted by Gasteiger charge is -2.11. The van der Waals surface area contributed by atoms with Gasteiger partial charge in [-0.15, -0.1) is 0 Å². The Morgan fingerprint density at radius 2 is 1.90 bits per heavy atom. The van der Waals surface area contributed by atoms with Crippen LogP contribution in [0.25, 0.3) is 0 Å². The molecule has 0 aromatic heterocycles. The van der Waals surface area contributed by atoms with Crippen LogP contribution >= 0.6 is 12.2 Å². The van der Waals surface area contributed by atoms with Crippen LogP contribution in [0, 0.1) is 5.92 Å².